The Morgan fingerprint density at radius 2 is 0.922 bits per heavy atom. The van der Waals surface area contributed by atoms with Crippen molar-refractivity contribution in [1.29, 1.82) is 0 Å². The predicted octanol–water partition coefficient (Wildman–Crippen LogP) is 8.50. The first-order chi connectivity index (χ1) is 25.3. The third-order valence-electron chi connectivity index (χ3n) is 10.6. The fourth-order valence-corrected chi connectivity index (χ4v) is 10.6. The molecular formula is C45H29N5Si. The van der Waals surface area contributed by atoms with Crippen LogP contribution in [0.5, 0.6) is 0 Å². The Hall–Kier alpha value is -6.63. The van der Waals surface area contributed by atoms with Crippen LogP contribution in [0.25, 0.3) is 88.5 Å². The van der Waals surface area contributed by atoms with Crippen LogP contribution in [0.3, 0.4) is 0 Å². The van der Waals surface area contributed by atoms with Gasteiger partial charge in [-0.1, -0.05) is 84.9 Å². The Kier molecular flexibility index (Phi) is 6.05. The van der Waals surface area contributed by atoms with Crippen molar-refractivity contribution in [3.05, 3.63) is 164 Å². The average Bonchev–Trinajstić information content (AvgIpc) is 3.86. The van der Waals surface area contributed by atoms with Crippen molar-refractivity contribution in [1.82, 2.24) is 24.3 Å². The number of rotatable bonds is 4. The number of para-hydroxylation sites is 4. The van der Waals surface area contributed by atoms with E-state index in [-0.39, 0.29) is 0 Å². The second-order valence-corrected chi connectivity index (χ2v) is 15.1. The third kappa shape index (κ3) is 4.17. The number of hydrogen-bond donors (Lipinski definition) is 0. The zero-order valence-electron chi connectivity index (χ0n) is 27.5. The molecule has 0 bridgehead atoms. The largest absolute Gasteiger partial charge is 0.309 e. The molecule has 1 aliphatic rings. The van der Waals surface area contributed by atoms with Crippen LogP contribution in [0.4, 0.5) is 0 Å². The Bertz CT molecular complexity index is 2790. The lowest BCUT2D eigenvalue weighted by Gasteiger charge is -2.10. The highest BCUT2D eigenvalue weighted by molar-refractivity contribution is 6.76. The Labute approximate surface area is 295 Å². The standard InChI is InChI=1S/C45H29N5Si/c1-3-11-30(12-4-1)49-39-17-9-7-15-32(39)34-23-28(19-21-41(34)49)36-25-46-26-37-38-27-47-48-43(45(38)51-44(36)37)29-20-22-42-35(24-29)33-16-8-10-18-40(33)50(42)31-13-5-2-6-14-31/h1-27H,51H2. The monoisotopic (exact) mass is 667 g/mol. The maximum Gasteiger partial charge on any atom is 0.0931 e. The normalized spacial score (nSPS) is 12.7. The van der Waals surface area contributed by atoms with E-state index >= 15 is 0 Å². The molecule has 0 fully saturated rings. The van der Waals surface area contributed by atoms with E-state index in [1.165, 1.54) is 76.2 Å². The molecule has 0 saturated carbocycles. The van der Waals surface area contributed by atoms with Gasteiger partial charge in [0.25, 0.3) is 0 Å². The molecule has 0 spiro atoms. The van der Waals surface area contributed by atoms with Gasteiger partial charge in [-0.05, 0) is 82.2 Å². The van der Waals surface area contributed by atoms with Crippen molar-refractivity contribution in [2.24, 2.45) is 0 Å². The molecule has 0 saturated heterocycles. The van der Waals surface area contributed by atoms with E-state index in [0.29, 0.717) is 0 Å². The van der Waals surface area contributed by atoms with E-state index < -0.39 is 9.52 Å². The molecule has 11 rings (SSSR count). The first-order valence-electron chi connectivity index (χ1n) is 17.3. The van der Waals surface area contributed by atoms with E-state index in [9.17, 15) is 0 Å². The van der Waals surface area contributed by atoms with Crippen LogP contribution in [0.15, 0.2) is 164 Å². The maximum atomic E-state index is 4.82. The van der Waals surface area contributed by atoms with Crippen molar-refractivity contribution in [3.63, 3.8) is 0 Å². The maximum absolute atomic E-state index is 4.82. The molecule has 4 aromatic heterocycles. The van der Waals surface area contributed by atoms with Crippen LogP contribution in [-0.2, 0) is 0 Å². The molecule has 0 amide bonds. The summed E-state index contributed by atoms with van der Waals surface area (Å²) < 4.78 is 4.72. The summed E-state index contributed by atoms with van der Waals surface area (Å²) in [6, 6.07) is 52.3. The number of aromatic nitrogens is 5. The minimum absolute atomic E-state index is 0.917. The lowest BCUT2D eigenvalue weighted by atomic mass is 10.00. The van der Waals surface area contributed by atoms with Gasteiger partial charge < -0.3 is 9.13 Å². The molecule has 6 heteroatoms. The van der Waals surface area contributed by atoms with Crippen LogP contribution in [0, 0.1) is 0 Å². The predicted molar refractivity (Wildman–Crippen MR) is 213 cm³/mol. The van der Waals surface area contributed by atoms with Crippen LogP contribution in [0.1, 0.15) is 0 Å². The molecule has 0 unspecified atom stereocenters. The van der Waals surface area contributed by atoms with Crippen molar-refractivity contribution < 1.29 is 0 Å². The summed E-state index contributed by atoms with van der Waals surface area (Å²) >= 11 is 0. The molecule has 10 aromatic rings. The van der Waals surface area contributed by atoms with Crippen LogP contribution >= 0.6 is 0 Å². The van der Waals surface area contributed by atoms with Gasteiger partial charge in [-0.3, -0.25) is 4.98 Å². The van der Waals surface area contributed by atoms with E-state index in [1.807, 2.05) is 12.4 Å². The van der Waals surface area contributed by atoms with Gasteiger partial charge in [-0.25, -0.2) is 0 Å². The van der Waals surface area contributed by atoms with Gasteiger partial charge in [-0.15, -0.1) is 0 Å². The van der Waals surface area contributed by atoms with E-state index in [4.69, 9.17) is 10.1 Å². The van der Waals surface area contributed by atoms with E-state index in [1.54, 1.807) is 0 Å². The van der Waals surface area contributed by atoms with Crippen molar-refractivity contribution in [2.45, 2.75) is 0 Å². The first kappa shape index (κ1) is 28.2. The Morgan fingerprint density at radius 1 is 0.412 bits per heavy atom. The zero-order valence-corrected chi connectivity index (χ0v) is 28.9. The van der Waals surface area contributed by atoms with Crippen molar-refractivity contribution >= 4 is 63.5 Å². The van der Waals surface area contributed by atoms with Gasteiger partial charge in [-0.2, -0.15) is 10.2 Å². The molecule has 0 N–H and O–H groups in total. The molecule has 0 radical (unpaired) electrons. The highest BCUT2D eigenvalue weighted by atomic mass is 28.2. The lowest BCUT2D eigenvalue weighted by molar-refractivity contribution is 1.05. The van der Waals surface area contributed by atoms with Crippen LogP contribution in [-0.4, -0.2) is 33.8 Å². The third-order valence-corrected chi connectivity index (χ3v) is 12.8. The topological polar surface area (TPSA) is 48.5 Å². The van der Waals surface area contributed by atoms with Crippen LogP contribution < -0.4 is 10.4 Å². The summed E-state index contributed by atoms with van der Waals surface area (Å²) in [6.45, 7) is 0. The van der Waals surface area contributed by atoms with Gasteiger partial charge in [0.15, 0.2) is 0 Å². The van der Waals surface area contributed by atoms with Gasteiger partial charge in [0.05, 0.1) is 43.5 Å². The molecule has 51 heavy (non-hydrogen) atoms. The minimum atomic E-state index is -0.917. The van der Waals surface area contributed by atoms with Crippen molar-refractivity contribution in [2.75, 3.05) is 0 Å². The highest BCUT2D eigenvalue weighted by Crippen LogP contribution is 2.37. The van der Waals surface area contributed by atoms with E-state index in [0.717, 1.165) is 22.6 Å². The summed E-state index contributed by atoms with van der Waals surface area (Å²) in [5, 5.41) is 17.1. The Balaban J connectivity index is 1.04. The fourth-order valence-electron chi connectivity index (χ4n) is 8.36. The SMILES string of the molecule is c1ccc(-n2c3ccccc3c3cc(-c4cncc5c4[SiH2]c4c-5cnnc4-c4ccc5c(c4)c4ccccc4n5-c4ccccc4)ccc32)cc1. The molecule has 1 aliphatic heterocycles. The number of hydrogen-bond acceptors (Lipinski definition) is 3. The summed E-state index contributed by atoms with van der Waals surface area (Å²) in [7, 11) is -0.917. The summed E-state index contributed by atoms with van der Waals surface area (Å²) in [5.41, 5.74) is 14.0. The van der Waals surface area contributed by atoms with Crippen molar-refractivity contribution in [3.8, 4) is 44.9 Å². The molecule has 0 atom stereocenters. The van der Waals surface area contributed by atoms with Gasteiger partial charge in [0.2, 0.25) is 0 Å². The van der Waals surface area contributed by atoms with E-state index in [2.05, 4.69) is 166 Å². The summed E-state index contributed by atoms with van der Waals surface area (Å²) in [5.74, 6) is 0. The minimum Gasteiger partial charge on any atom is -0.309 e. The van der Waals surface area contributed by atoms with Gasteiger partial charge in [0.1, 0.15) is 0 Å². The Morgan fingerprint density at radius 3 is 1.57 bits per heavy atom. The lowest BCUT2D eigenvalue weighted by Crippen LogP contribution is -2.25. The number of fused-ring (bicyclic) bond motifs is 9. The summed E-state index contributed by atoms with van der Waals surface area (Å²) in [6.07, 6.45) is 6.03. The fraction of sp³-hybridized carbons (Fsp3) is 0. The smallest absolute Gasteiger partial charge is 0.0931 e. The molecule has 5 nitrogen and oxygen atoms in total. The zero-order chi connectivity index (χ0) is 33.5. The number of pyridine rings is 1. The molecule has 0 aliphatic carbocycles. The first-order valence-corrected chi connectivity index (χ1v) is 18.7. The number of benzene rings is 6. The van der Waals surface area contributed by atoms with Gasteiger partial charge >= 0.3 is 0 Å². The van der Waals surface area contributed by atoms with Crippen LogP contribution in [0.2, 0.25) is 0 Å². The number of nitrogens with zero attached hydrogens (tertiary/aromatic N) is 5. The quantitative estimate of drug-likeness (QED) is 0.177. The van der Waals surface area contributed by atoms with Gasteiger partial charge in [0, 0.05) is 62.0 Å². The second-order valence-electron chi connectivity index (χ2n) is 13.3. The second kappa shape index (κ2) is 10.9. The molecule has 238 valence electrons. The molecule has 5 heterocycles. The highest BCUT2D eigenvalue weighted by Gasteiger charge is 2.27. The molecular weight excluding hydrogens is 639 g/mol. The summed E-state index contributed by atoms with van der Waals surface area (Å²) in [4.78, 5) is 4.80. The molecule has 6 aromatic carbocycles. The average molecular weight is 668 g/mol.